The van der Waals surface area contributed by atoms with Gasteiger partial charge in [0.2, 0.25) is 0 Å². The van der Waals surface area contributed by atoms with Crippen LogP contribution in [0.4, 0.5) is 5.82 Å². The zero-order chi connectivity index (χ0) is 13.2. The van der Waals surface area contributed by atoms with Crippen molar-refractivity contribution in [2.24, 2.45) is 0 Å². The Morgan fingerprint density at radius 3 is 3.06 bits per heavy atom. The molecule has 5 heteroatoms. The number of anilines is 1. The first kappa shape index (κ1) is 14.8. The first-order valence-corrected chi connectivity index (χ1v) is 7.54. The average Bonchev–Trinajstić information content (AvgIpc) is 2.39. The minimum Gasteiger partial charge on any atom is -0.462 e. The van der Waals surface area contributed by atoms with E-state index in [1.54, 1.807) is 25.3 Å². The van der Waals surface area contributed by atoms with Crippen LogP contribution < -0.4 is 5.32 Å². The Morgan fingerprint density at radius 1 is 1.50 bits per heavy atom. The van der Waals surface area contributed by atoms with Crippen molar-refractivity contribution < 1.29 is 9.53 Å². The molecule has 1 heterocycles. The lowest BCUT2D eigenvalue weighted by Crippen LogP contribution is -2.12. The number of carbonyl (C=O) groups is 1. The van der Waals surface area contributed by atoms with E-state index in [0.29, 0.717) is 18.0 Å². The van der Waals surface area contributed by atoms with Crippen LogP contribution in [-0.4, -0.2) is 36.1 Å². The van der Waals surface area contributed by atoms with Gasteiger partial charge in [-0.2, -0.15) is 11.8 Å². The number of carbonyl (C=O) groups excluding carboxylic acids is 1. The number of esters is 1. The molecule has 0 aliphatic heterocycles. The molecule has 100 valence electrons. The third-order valence-electron chi connectivity index (χ3n) is 2.37. The van der Waals surface area contributed by atoms with Gasteiger partial charge in [0, 0.05) is 12.7 Å². The maximum absolute atomic E-state index is 11.7. The largest absolute Gasteiger partial charge is 0.462 e. The van der Waals surface area contributed by atoms with Crippen LogP contribution in [0.3, 0.4) is 0 Å². The zero-order valence-corrected chi connectivity index (χ0v) is 11.8. The van der Waals surface area contributed by atoms with E-state index in [1.807, 2.05) is 11.8 Å². The zero-order valence-electron chi connectivity index (χ0n) is 10.9. The molecule has 1 aromatic rings. The highest BCUT2D eigenvalue weighted by Crippen LogP contribution is 2.13. The Bertz CT molecular complexity index is 372. The van der Waals surface area contributed by atoms with E-state index >= 15 is 0 Å². The molecule has 0 aliphatic rings. The van der Waals surface area contributed by atoms with Gasteiger partial charge in [-0.1, -0.05) is 0 Å². The highest BCUT2D eigenvalue weighted by molar-refractivity contribution is 7.98. The highest BCUT2D eigenvalue weighted by atomic mass is 32.2. The van der Waals surface area contributed by atoms with E-state index in [2.05, 4.69) is 16.6 Å². The van der Waals surface area contributed by atoms with E-state index in [9.17, 15) is 4.79 Å². The maximum atomic E-state index is 11.7. The summed E-state index contributed by atoms with van der Waals surface area (Å²) in [5.41, 5.74) is 0.504. The van der Waals surface area contributed by atoms with Gasteiger partial charge in [0.05, 0.1) is 6.61 Å². The summed E-state index contributed by atoms with van der Waals surface area (Å²) >= 11 is 1.85. The molecule has 0 unspecified atom stereocenters. The van der Waals surface area contributed by atoms with Crippen LogP contribution in [0, 0.1) is 0 Å². The molecule has 0 amide bonds. The van der Waals surface area contributed by atoms with Gasteiger partial charge in [0.15, 0.2) is 0 Å². The molecule has 0 radical (unpaired) electrons. The molecule has 1 rings (SSSR count). The number of nitrogens with one attached hydrogen (secondary N) is 1. The summed E-state index contributed by atoms with van der Waals surface area (Å²) in [5.74, 6) is 1.45. The molecule has 0 spiro atoms. The second-order valence-corrected chi connectivity index (χ2v) is 4.73. The number of pyridine rings is 1. The number of aromatic nitrogens is 1. The molecule has 18 heavy (non-hydrogen) atoms. The van der Waals surface area contributed by atoms with Gasteiger partial charge in [-0.05, 0) is 43.9 Å². The maximum Gasteiger partial charge on any atom is 0.341 e. The average molecular weight is 268 g/mol. The van der Waals surface area contributed by atoms with Crippen molar-refractivity contribution in [2.75, 3.05) is 30.5 Å². The smallest absolute Gasteiger partial charge is 0.341 e. The van der Waals surface area contributed by atoms with E-state index < -0.39 is 0 Å². The number of nitrogens with zero attached hydrogens (tertiary/aromatic N) is 1. The van der Waals surface area contributed by atoms with Gasteiger partial charge in [-0.15, -0.1) is 0 Å². The fraction of sp³-hybridized carbons (Fsp3) is 0.538. The van der Waals surface area contributed by atoms with E-state index in [-0.39, 0.29) is 5.97 Å². The van der Waals surface area contributed by atoms with Crippen LogP contribution in [0.15, 0.2) is 18.3 Å². The summed E-state index contributed by atoms with van der Waals surface area (Å²) in [6.45, 7) is 2.99. The molecule has 0 saturated carbocycles. The molecule has 0 bridgehead atoms. The molecule has 0 fully saturated rings. The molecule has 4 nitrogen and oxygen atoms in total. The lowest BCUT2D eigenvalue weighted by molar-refractivity contribution is 0.0527. The number of ether oxygens (including phenoxy) is 1. The number of unbranched alkanes of at least 4 members (excludes halogenated alkanes) is 1. The second-order valence-electron chi connectivity index (χ2n) is 3.75. The molecular weight excluding hydrogens is 248 g/mol. The van der Waals surface area contributed by atoms with Crippen LogP contribution in [-0.2, 0) is 4.74 Å². The van der Waals surface area contributed by atoms with Gasteiger partial charge in [0.1, 0.15) is 11.4 Å². The summed E-state index contributed by atoms with van der Waals surface area (Å²) in [7, 11) is 0. The second kappa shape index (κ2) is 8.80. The van der Waals surface area contributed by atoms with Gasteiger partial charge in [-0.25, -0.2) is 9.78 Å². The Balaban J connectivity index is 2.51. The Labute approximate surface area is 113 Å². The predicted molar refractivity (Wildman–Crippen MR) is 76.3 cm³/mol. The van der Waals surface area contributed by atoms with Crippen molar-refractivity contribution in [3.63, 3.8) is 0 Å². The van der Waals surface area contributed by atoms with E-state index in [0.717, 1.165) is 25.1 Å². The van der Waals surface area contributed by atoms with Crippen molar-refractivity contribution in [2.45, 2.75) is 19.8 Å². The molecule has 0 atom stereocenters. The molecule has 1 aromatic heterocycles. The number of hydrogen-bond acceptors (Lipinski definition) is 5. The normalized spacial score (nSPS) is 10.1. The molecule has 0 saturated heterocycles. The number of thioether (sulfide) groups is 1. The van der Waals surface area contributed by atoms with Crippen molar-refractivity contribution in [3.05, 3.63) is 23.9 Å². The fourth-order valence-corrected chi connectivity index (χ4v) is 1.99. The predicted octanol–water partition coefficient (Wildman–Crippen LogP) is 2.81. The minimum absolute atomic E-state index is 0.322. The third-order valence-corrected chi connectivity index (χ3v) is 3.07. The molecular formula is C13H20N2O2S. The number of rotatable bonds is 8. The van der Waals surface area contributed by atoms with Crippen LogP contribution in [0.25, 0.3) is 0 Å². The monoisotopic (exact) mass is 268 g/mol. The Morgan fingerprint density at radius 2 is 2.33 bits per heavy atom. The van der Waals surface area contributed by atoms with Crippen LogP contribution in [0.5, 0.6) is 0 Å². The van der Waals surface area contributed by atoms with Gasteiger partial charge < -0.3 is 10.1 Å². The lowest BCUT2D eigenvalue weighted by Gasteiger charge is -2.09. The standard InChI is InChI=1S/C13H20N2O2S/c1-3-17-13(16)11-7-6-9-15-12(11)14-8-4-5-10-18-2/h6-7,9H,3-5,8,10H2,1-2H3,(H,14,15). The van der Waals surface area contributed by atoms with Gasteiger partial charge >= 0.3 is 5.97 Å². The van der Waals surface area contributed by atoms with Crippen molar-refractivity contribution in [1.29, 1.82) is 0 Å². The van der Waals surface area contributed by atoms with E-state index in [1.165, 1.54) is 0 Å². The van der Waals surface area contributed by atoms with Crippen LogP contribution in [0.2, 0.25) is 0 Å². The van der Waals surface area contributed by atoms with E-state index in [4.69, 9.17) is 4.74 Å². The van der Waals surface area contributed by atoms with Gasteiger partial charge in [-0.3, -0.25) is 0 Å². The quantitative estimate of drug-likeness (QED) is 0.580. The first-order chi connectivity index (χ1) is 8.79. The van der Waals surface area contributed by atoms with Crippen molar-refractivity contribution in [1.82, 2.24) is 4.98 Å². The van der Waals surface area contributed by atoms with Gasteiger partial charge in [0.25, 0.3) is 0 Å². The summed E-state index contributed by atoms with van der Waals surface area (Å²) in [6, 6.07) is 3.47. The number of hydrogen-bond donors (Lipinski definition) is 1. The Kier molecular flexibility index (Phi) is 7.25. The lowest BCUT2D eigenvalue weighted by atomic mass is 10.2. The first-order valence-electron chi connectivity index (χ1n) is 6.14. The summed E-state index contributed by atoms with van der Waals surface area (Å²) < 4.78 is 4.99. The summed E-state index contributed by atoms with van der Waals surface area (Å²) in [6.07, 6.45) is 6.01. The van der Waals surface area contributed by atoms with Crippen molar-refractivity contribution in [3.8, 4) is 0 Å². The third kappa shape index (κ3) is 4.96. The summed E-state index contributed by atoms with van der Waals surface area (Å²) in [4.78, 5) is 15.9. The van der Waals surface area contributed by atoms with Crippen LogP contribution >= 0.6 is 11.8 Å². The minimum atomic E-state index is -0.322. The van der Waals surface area contributed by atoms with Crippen LogP contribution in [0.1, 0.15) is 30.1 Å². The summed E-state index contributed by atoms with van der Waals surface area (Å²) in [5, 5.41) is 3.19. The topological polar surface area (TPSA) is 51.2 Å². The van der Waals surface area contributed by atoms with Crippen molar-refractivity contribution >= 4 is 23.5 Å². The molecule has 0 aromatic carbocycles. The SMILES string of the molecule is CCOC(=O)c1cccnc1NCCCCSC. The highest BCUT2D eigenvalue weighted by Gasteiger charge is 2.12. The molecule has 0 aliphatic carbocycles. The fourth-order valence-electron chi connectivity index (χ4n) is 1.50. The molecule has 1 N–H and O–H groups in total. The Hall–Kier alpha value is -1.23.